The molecule has 90 valence electrons. The highest BCUT2D eigenvalue weighted by atomic mass is 35.5. The summed E-state index contributed by atoms with van der Waals surface area (Å²) in [4.78, 5) is 3.39. The number of benzene rings is 1. The van der Waals surface area contributed by atoms with Crippen LogP contribution in [-0.2, 0) is 13.2 Å². The van der Waals surface area contributed by atoms with Gasteiger partial charge in [-0.2, -0.15) is 13.2 Å². The van der Waals surface area contributed by atoms with Crippen LogP contribution in [0.25, 0.3) is 11.3 Å². The lowest BCUT2D eigenvalue weighted by Gasteiger charge is -2.08. The van der Waals surface area contributed by atoms with E-state index in [1.807, 2.05) is 0 Å². The van der Waals surface area contributed by atoms with Crippen LogP contribution in [0.3, 0.4) is 0 Å². The molecular formula is C11H8ClF3N2. The number of hydrogen-bond donors (Lipinski definition) is 0. The first-order valence-electron chi connectivity index (χ1n) is 4.74. The number of hydrogen-bond acceptors (Lipinski definition) is 1. The molecule has 2 aromatic rings. The van der Waals surface area contributed by atoms with Crippen molar-refractivity contribution in [1.82, 2.24) is 9.55 Å². The third kappa shape index (κ3) is 2.29. The molecule has 0 N–H and O–H groups in total. The zero-order valence-corrected chi connectivity index (χ0v) is 9.55. The van der Waals surface area contributed by atoms with Gasteiger partial charge in [0.05, 0.1) is 11.9 Å². The van der Waals surface area contributed by atoms with Gasteiger partial charge in [0.15, 0.2) is 0 Å². The largest absolute Gasteiger partial charge is 0.449 e. The van der Waals surface area contributed by atoms with Crippen molar-refractivity contribution in [1.29, 1.82) is 0 Å². The van der Waals surface area contributed by atoms with E-state index >= 15 is 0 Å². The van der Waals surface area contributed by atoms with E-state index in [0.717, 1.165) is 4.57 Å². The Kier molecular flexibility index (Phi) is 2.87. The predicted octanol–water partition coefficient (Wildman–Crippen LogP) is 3.76. The lowest BCUT2D eigenvalue weighted by molar-refractivity contribution is -0.146. The normalized spacial score (nSPS) is 11.8. The Morgan fingerprint density at radius 1 is 1.18 bits per heavy atom. The minimum Gasteiger partial charge on any atom is -0.324 e. The van der Waals surface area contributed by atoms with Gasteiger partial charge in [0.25, 0.3) is 0 Å². The minimum atomic E-state index is -4.45. The van der Waals surface area contributed by atoms with Crippen LogP contribution >= 0.6 is 11.6 Å². The molecule has 0 aliphatic rings. The molecule has 1 aromatic heterocycles. The SMILES string of the molecule is Cn1c(-c2ccc(Cl)cc2)cnc1C(F)(F)F. The average molecular weight is 261 g/mol. The molecule has 17 heavy (non-hydrogen) atoms. The van der Waals surface area contributed by atoms with Crippen molar-refractivity contribution < 1.29 is 13.2 Å². The second kappa shape index (κ2) is 4.07. The highest BCUT2D eigenvalue weighted by Crippen LogP contribution is 2.31. The summed E-state index contributed by atoms with van der Waals surface area (Å²) in [7, 11) is 1.33. The average Bonchev–Trinajstić information content (AvgIpc) is 2.61. The van der Waals surface area contributed by atoms with Crippen molar-refractivity contribution in [3.8, 4) is 11.3 Å². The Balaban J connectivity index is 2.48. The van der Waals surface area contributed by atoms with Gasteiger partial charge in [0.1, 0.15) is 0 Å². The van der Waals surface area contributed by atoms with Crippen molar-refractivity contribution in [2.75, 3.05) is 0 Å². The monoisotopic (exact) mass is 260 g/mol. The first-order chi connectivity index (χ1) is 7.89. The molecule has 0 saturated carbocycles. The molecule has 0 fully saturated rings. The quantitative estimate of drug-likeness (QED) is 0.763. The molecule has 2 nitrogen and oxygen atoms in total. The van der Waals surface area contributed by atoms with Crippen LogP contribution in [0.5, 0.6) is 0 Å². The fraction of sp³-hybridized carbons (Fsp3) is 0.182. The molecule has 0 saturated heterocycles. The van der Waals surface area contributed by atoms with Gasteiger partial charge in [0.2, 0.25) is 5.82 Å². The van der Waals surface area contributed by atoms with Gasteiger partial charge in [-0.3, -0.25) is 0 Å². The molecule has 0 spiro atoms. The van der Waals surface area contributed by atoms with Crippen LogP contribution < -0.4 is 0 Å². The van der Waals surface area contributed by atoms with E-state index in [1.54, 1.807) is 24.3 Å². The maximum absolute atomic E-state index is 12.5. The first kappa shape index (κ1) is 12.0. The number of nitrogens with zero attached hydrogens (tertiary/aromatic N) is 2. The van der Waals surface area contributed by atoms with E-state index in [2.05, 4.69) is 4.98 Å². The summed E-state index contributed by atoms with van der Waals surface area (Å²) >= 11 is 5.71. The standard InChI is InChI=1S/C11H8ClF3N2/c1-17-9(6-16-10(17)11(13,14)15)7-2-4-8(12)5-3-7/h2-6H,1H3. The second-order valence-corrected chi connectivity index (χ2v) is 3.97. The number of halogens is 4. The van der Waals surface area contributed by atoms with Crippen LogP contribution in [0.15, 0.2) is 30.5 Å². The van der Waals surface area contributed by atoms with E-state index < -0.39 is 12.0 Å². The summed E-state index contributed by atoms with van der Waals surface area (Å²) in [5, 5.41) is 0.534. The molecule has 0 bridgehead atoms. The van der Waals surface area contributed by atoms with Gasteiger partial charge in [-0.15, -0.1) is 0 Å². The topological polar surface area (TPSA) is 17.8 Å². The highest BCUT2D eigenvalue weighted by molar-refractivity contribution is 6.30. The number of aromatic nitrogens is 2. The minimum absolute atomic E-state index is 0.397. The van der Waals surface area contributed by atoms with Crippen LogP contribution in [-0.4, -0.2) is 9.55 Å². The van der Waals surface area contributed by atoms with Crippen molar-refractivity contribution in [2.45, 2.75) is 6.18 Å². The molecule has 2 rings (SSSR count). The molecular weight excluding hydrogens is 253 g/mol. The third-order valence-corrected chi connectivity index (χ3v) is 2.63. The first-order valence-corrected chi connectivity index (χ1v) is 5.12. The van der Waals surface area contributed by atoms with Gasteiger partial charge >= 0.3 is 6.18 Å². The molecule has 1 aromatic carbocycles. The molecule has 0 amide bonds. The van der Waals surface area contributed by atoms with Crippen LogP contribution in [0, 0.1) is 0 Å². The maximum Gasteiger partial charge on any atom is 0.449 e. The fourth-order valence-electron chi connectivity index (χ4n) is 1.56. The highest BCUT2D eigenvalue weighted by Gasteiger charge is 2.36. The van der Waals surface area contributed by atoms with E-state index in [0.29, 0.717) is 16.3 Å². The lowest BCUT2D eigenvalue weighted by Crippen LogP contribution is -2.13. The molecule has 0 radical (unpaired) electrons. The van der Waals surface area contributed by atoms with Crippen molar-refractivity contribution in [3.05, 3.63) is 41.3 Å². The Morgan fingerprint density at radius 3 is 2.24 bits per heavy atom. The van der Waals surface area contributed by atoms with E-state index in [1.165, 1.54) is 13.2 Å². The fourth-order valence-corrected chi connectivity index (χ4v) is 1.69. The van der Waals surface area contributed by atoms with E-state index in [4.69, 9.17) is 11.6 Å². The van der Waals surface area contributed by atoms with Gasteiger partial charge in [0, 0.05) is 12.1 Å². The number of rotatable bonds is 1. The summed E-state index contributed by atoms with van der Waals surface area (Å²) < 4.78 is 38.6. The Morgan fingerprint density at radius 2 is 1.76 bits per heavy atom. The van der Waals surface area contributed by atoms with Crippen LogP contribution in [0.1, 0.15) is 5.82 Å². The number of alkyl halides is 3. The van der Waals surface area contributed by atoms with Crippen LogP contribution in [0.4, 0.5) is 13.2 Å². The summed E-state index contributed by atoms with van der Waals surface area (Å²) in [6.45, 7) is 0. The van der Waals surface area contributed by atoms with Crippen LogP contribution in [0.2, 0.25) is 5.02 Å². The smallest absolute Gasteiger partial charge is 0.324 e. The summed E-state index contributed by atoms with van der Waals surface area (Å²) in [6, 6.07) is 6.55. The van der Waals surface area contributed by atoms with Crippen molar-refractivity contribution in [2.24, 2.45) is 7.05 Å². The molecule has 0 aliphatic heterocycles. The zero-order chi connectivity index (χ0) is 12.6. The second-order valence-electron chi connectivity index (χ2n) is 3.53. The molecule has 0 unspecified atom stereocenters. The molecule has 0 aliphatic carbocycles. The van der Waals surface area contributed by atoms with Crippen molar-refractivity contribution in [3.63, 3.8) is 0 Å². The van der Waals surface area contributed by atoms with E-state index in [-0.39, 0.29) is 0 Å². The van der Waals surface area contributed by atoms with Gasteiger partial charge < -0.3 is 4.57 Å². The molecule has 0 atom stereocenters. The summed E-state index contributed by atoms with van der Waals surface area (Å²) in [6.07, 6.45) is -3.24. The zero-order valence-electron chi connectivity index (χ0n) is 8.79. The number of imidazole rings is 1. The van der Waals surface area contributed by atoms with Gasteiger partial charge in [-0.05, 0) is 17.7 Å². The van der Waals surface area contributed by atoms with Gasteiger partial charge in [-0.1, -0.05) is 23.7 Å². The third-order valence-electron chi connectivity index (χ3n) is 2.38. The van der Waals surface area contributed by atoms with E-state index in [9.17, 15) is 13.2 Å². The molecule has 6 heteroatoms. The Bertz CT molecular complexity index is 529. The van der Waals surface area contributed by atoms with Crippen molar-refractivity contribution >= 4 is 11.6 Å². The predicted molar refractivity (Wildman–Crippen MR) is 58.7 cm³/mol. The van der Waals surface area contributed by atoms with Gasteiger partial charge in [-0.25, -0.2) is 4.98 Å². The summed E-state index contributed by atoms with van der Waals surface area (Å²) in [5.41, 5.74) is 1.04. The maximum atomic E-state index is 12.5. The lowest BCUT2D eigenvalue weighted by atomic mass is 10.2. The summed E-state index contributed by atoms with van der Waals surface area (Å²) in [5.74, 6) is -0.914. The Hall–Kier alpha value is -1.49. The Labute approximate surface area is 101 Å². The molecule has 1 heterocycles.